The molecule has 1 aliphatic heterocycles. The van der Waals surface area contributed by atoms with Crippen LogP contribution in [-0.4, -0.2) is 32.6 Å². The lowest BCUT2D eigenvalue weighted by Crippen LogP contribution is -2.50. The molecule has 0 N–H and O–H groups in total. The summed E-state index contributed by atoms with van der Waals surface area (Å²) in [4.78, 5) is 7.01. The average molecular weight is 263 g/mol. The van der Waals surface area contributed by atoms with Gasteiger partial charge in [0.05, 0.1) is 12.0 Å². The molecular weight excluding hydrogens is 234 g/mol. The standard InChI is InChI=1S/C16H29N3/c1-14-12-18(13-17-14)10-7-9-15-8-5-6-11-19(15)16(2,3)4/h12-13,15H,5-11H2,1-4H3. The highest BCUT2D eigenvalue weighted by molar-refractivity contribution is 4.92. The van der Waals surface area contributed by atoms with Crippen LogP contribution in [0.15, 0.2) is 12.5 Å². The Bertz CT molecular complexity index is 389. The summed E-state index contributed by atoms with van der Waals surface area (Å²) in [5.74, 6) is 0. The maximum absolute atomic E-state index is 4.29. The molecule has 2 rings (SSSR count). The van der Waals surface area contributed by atoms with E-state index in [-0.39, 0.29) is 0 Å². The lowest BCUT2D eigenvalue weighted by atomic mass is 9.92. The van der Waals surface area contributed by atoms with Gasteiger partial charge >= 0.3 is 0 Å². The fourth-order valence-electron chi connectivity index (χ4n) is 3.29. The second kappa shape index (κ2) is 6.08. The van der Waals surface area contributed by atoms with Crippen molar-refractivity contribution in [1.82, 2.24) is 14.5 Å². The Labute approximate surface area is 118 Å². The third-order valence-electron chi connectivity index (χ3n) is 4.20. The molecule has 1 aliphatic rings. The Hall–Kier alpha value is -0.830. The van der Waals surface area contributed by atoms with E-state index in [4.69, 9.17) is 0 Å². The number of hydrogen-bond acceptors (Lipinski definition) is 2. The minimum absolute atomic E-state index is 0.316. The zero-order valence-electron chi connectivity index (χ0n) is 13.0. The first-order valence-electron chi connectivity index (χ1n) is 7.72. The quantitative estimate of drug-likeness (QED) is 0.827. The van der Waals surface area contributed by atoms with E-state index in [2.05, 4.69) is 48.3 Å². The fourth-order valence-corrected chi connectivity index (χ4v) is 3.29. The number of nitrogens with zero attached hydrogens (tertiary/aromatic N) is 3. The van der Waals surface area contributed by atoms with Gasteiger partial charge in [0, 0.05) is 24.3 Å². The van der Waals surface area contributed by atoms with E-state index in [0.717, 1.165) is 18.3 Å². The molecule has 1 unspecified atom stereocenters. The summed E-state index contributed by atoms with van der Waals surface area (Å²) in [7, 11) is 0. The summed E-state index contributed by atoms with van der Waals surface area (Å²) in [5.41, 5.74) is 1.44. The molecule has 108 valence electrons. The number of imidazole rings is 1. The highest BCUT2D eigenvalue weighted by Gasteiger charge is 2.30. The Morgan fingerprint density at radius 1 is 1.32 bits per heavy atom. The first-order valence-corrected chi connectivity index (χ1v) is 7.72. The summed E-state index contributed by atoms with van der Waals surface area (Å²) in [6.07, 6.45) is 10.8. The maximum Gasteiger partial charge on any atom is 0.0949 e. The van der Waals surface area contributed by atoms with Crippen LogP contribution in [0.5, 0.6) is 0 Å². The first kappa shape index (κ1) is 14.6. The highest BCUT2D eigenvalue weighted by atomic mass is 15.2. The van der Waals surface area contributed by atoms with Gasteiger partial charge in [0.1, 0.15) is 0 Å². The zero-order chi connectivity index (χ0) is 13.9. The predicted octanol–water partition coefficient (Wildman–Crippen LogP) is 3.62. The minimum atomic E-state index is 0.316. The van der Waals surface area contributed by atoms with Crippen molar-refractivity contribution in [1.29, 1.82) is 0 Å². The Morgan fingerprint density at radius 3 is 2.74 bits per heavy atom. The summed E-state index contributed by atoms with van der Waals surface area (Å²) >= 11 is 0. The fraction of sp³-hybridized carbons (Fsp3) is 0.812. The van der Waals surface area contributed by atoms with Crippen LogP contribution in [0.2, 0.25) is 0 Å². The molecule has 0 aromatic carbocycles. The molecule has 1 saturated heterocycles. The highest BCUT2D eigenvalue weighted by Crippen LogP contribution is 2.28. The van der Waals surface area contributed by atoms with Gasteiger partial charge in [0.25, 0.3) is 0 Å². The number of aromatic nitrogens is 2. The van der Waals surface area contributed by atoms with Crippen LogP contribution in [0.4, 0.5) is 0 Å². The number of hydrogen-bond donors (Lipinski definition) is 0. The van der Waals surface area contributed by atoms with Gasteiger partial charge in [-0.25, -0.2) is 4.98 Å². The third kappa shape index (κ3) is 4.07. The monoisotopic (exact) mass is 263 g/mol. The van der Waals surface area contributed by atoms with Crippen molar-refractivity contribution in [2.75, 3.05) is 6.54 Å². The lowest BCUT2D eigenvalue weighted by molar-refractivity contribution is 0.0456. The Morgan fingerprint density at radius 2 is 2.11 bits per heavy atom. The molecule has 3 heteroatoms. The minimum Gasteiger partial charge on any atom is -0.337 e. The van der Waals surface area contributed by atoms with E-state index < -0.39 is 0 Å². The van der Waals surface area contributed by atoms with Crippen LogP contribution in [-0.2, 0) is 6.54 Å². The van der Waals surface area contributed by atoms with Crippen molar-refractivity contribution in [3.63, 3.8) is 0 Å². The molecule has 1 atom stereocenters. The van der Waals surface area contributed by atoms with Crippen LogP contribution < -0.4 is 0 Å². The molecule has 3 nitrogen and oxygen atoms in total. The van der Waals surface area contributed by atoms with E-state index in [1.54, 1.807) is 0 Å². The van der Waals surface area contributed by atoms with Crippen LogP contribution in [0.3, 0.4) is 0 Å². The average Bonchev–Trinajstić information content (AvgIpc) is 2.74. The van der Waals surface area contributed by atoms with Gasteiger partial charge in [-0.2, -0.15) is 0 Å². The van der Waals surface area contributed by atoms with Gasteiger partial charge < -0.3 is 4.57 Å². The van der Waals surface area contributed by atoms with Crippen LogP contribution >= 0.6 is 0 Å². The summed E-state index contributed by atoms with van der Waals surface area (Å²) < 4.78 is 2.22. The maximum atomic E-state index is 4.29. The molecule has 0 saturated carbocycles. The molecule has 1 aromatic heterocycles. The third-order valence-corrected chi connectivity index (χ3v) is 4.20. The summed E-state index contributed by atoms with van der Waals surface area (Å²) in [6, 6.07) is 0.776. The van der Waals surface area contributed by atoms with Gasteiger partial charge in [0.2, 0.25) is 0 Å². The molecule has 19 heavy (non-hydrogen) atoms. The van der Waals surface area contributed by atoms with E-state index >= 15 is 0 Å². The van der Waals surface area contributed by atoms with Crippen LogP contribution in [0.1, 0.15) is 58.6 Å². The smallest absolute Gasteiger partial charge is 0.0949 e. The summed E-state index contributed by atoms with van der Waals surface area (Å²) in [5, 5.41) is 0. The molecule has 1 fully saturated rings. The molecule has 0 spiro atoms. The van der Waals surface area contributed by atoms with Crippen molar-refractivity contribution in [2.24, 2.45) is 0 Å². The number of piperidine rings is 1. The van der Waals surface area contributed by atoms with Crippen LogP contribution in [0, 0.1) is 6.92 Å². The molecule has 0 aliphatic carbocycles. The summed E-state index contributed by atoms with van der Waals surface area (Å²) in [6.45, 7) is 11.5. The Balaban J connectivity index is 1.83. The molecule has 0 amide bonds. The van der Waals surface area contributed by atoms with Crippen molar-refractivity contribution in [3.8, 4) is 0 Å². The van der Waals surface area contributed by atoms with Crippen molar-refractivity contribution in [2.45, 2.75) is 77.9 Å². The Kier molecular flexibility index (Phi) is 4.67. The normalized spacial score (nSPS) is 21.8. The molecule has 2 heterocycles. The topological polar surface area (TPSA) is 21.1 Å². The number of likely N-dealkylation sites (tertiary alicyclic amines) is 1. The SMILES string of the molecule is Cc1cn(CCCC2CCCCN2C(C)(C)C)cn1. The van der Waals surface area contributed by atoms with E-state index in [1.807, 2.05) is 6.33 Å². The van der Waals surface area contributed by atoms with E-state index in [1.165, 1.54) is 38.6 Å². The van der Waals surface area contributed by atoms with Crippen molar-refractivity contribution >= 4 is 0 Å². The molecule has 0 radical (unpaired) electrons. The predicted molar refractivity (Wildman–Crippen MR) is 80.3 cm³/mol. The number of aryl methyl sites for hydroxylation is 2. The van der Waals surface area contributed by atoms with Gasteiger partial charge in [-0.3, -0.25) is 4.90 Å². The zero-order valence-corrected chi connectivity index (χ0v) is 13.0. The lowest BCUT2D eigenvalue weighted by Gasteiger charge is -2.45. The van der Waals surface area contributed by atoms with E-state index in [9.17, 15) is 0 Å². The largest absolute Gasteiger partial charge is 0.337 e. The van der Waals surface area contributed by atoms with Gasteiger partial charge in [-0.15, -0.1) is 0 Å². The molecular formula is C16H29N3. The van der Waals surface area contributed by atoms with Crippen molar-refractivity contribution < 1.29 is 0 Å². The van der Waals surface area contributed by atoms with Gasteiger partial charge in [0.15, 0.2) is 0 Å². The second-order valence-corrected chi connectivity index (χ2v) is 6.91. The van der Waals surface area contributed by atoms with E-state index in [0.29, 0.717) is 5.54 Å². The van der Waals surface area contributed by atoms with Crippen LogP contribution in [0.25, 0.3) is 0 Å². The first-order chi connectivity index (χ1) is 8.97. The van der Waals surface area contributed by atoms with Gasteiger partial charge in [-0.05, 0) is 59.9 Å². The number of rotatable bonds is 4. The molecule has 1 aromatic rings. The second-order valence-electron chi connectivity index (χ2n) is 6.91. The molecule has 0 bridgehead atoms. The van der Waals surface area contributed by atoms with Gasteiger partial charge in [-0.1, -0.05) is 6.42 Å². The van der Waals surface area contributed by atoms with Crippen molar-refractivity contribution in [3.05, 3.63) is 18.2 Å².